The summed E-state index contributed by atoms with van der Waals surface area (Å²) < 4.78 is 20.7. The fraction of sp³-hybridized carbons (Fsp3) is 0.440. The number of rotatable bonds is 4. The van der Waals surface area contributed by atoms with Crippen LogP contribution in [0.5, 0.6) is 11.9 Å². The highest BCUT2D eigenvalue weighted by molar-refractivity contribution is 5.94. The van der Waals surface area contributed by atoms with Crippen molar-refractivity contribution in [1.82, 2.24) is 14.9 Å². The minimum absolute atomic E-state index is 0.000880. The summed E-state index contributed by atoms with van der Waals surface area (Å²) >= 11 is 0. The molecule has 32 heavy (non-hydrogen) atoms. The quantitative estimate of drug-likeness (QED) is 0.669. The summed E-state index contributed by atoms with van der Waals surface area (Å²) in [6.07, 6.45) is 5.30. The van der Waals surface area contributed by atoms with Crippen LogP contribution in [0.1, 0.15) is 36.9 Å². The van der Waals surface area contributed by atoms with Crippen molar-refractivity contribution in [2.24, 2.45) is 0 Å². The number of fused-ring (bicyclic) bond motifs is 3. The van der Waals surface area contributed by atoms with E-state index >= 15 is 0 Å². The first-order chi connectivity index (χ1) is 15.6. The van der Waals surface area contributed by atoms with Crippen LogP contribution < -0.4 is 9.64 Å². The van der Waals surface area contributed by atoms with Gasteiger partial charge in [0.25, 0.3) is 0 Å². The van der Waals surface area contributed by atoms with Gasteiger partial charge in [-0.2, -0.15) is 9.97 Å². The van der Waals surface area contributed by atoms with Gasteiger partial charge in [-0.15, -0.1) is 0 Å². The van der Waals surface area contributed by atoms with Crippen molar-refractivity contribution < 1.29 is 14.2 Å². The number of ether oxygens (including phenoxy) is 1. The molecule has 7 heteroatoms. The Morgan fingerprint density at radius 2 is 1.81 bits per heavy atom. The molecule has 0 atom stereocenters. The molecule has 0 saturated carbocycles. The second kappa shape index (κ2) is 7.59. The Bertz CT molecular complexity index is 1170. The zero-order valence-corrected chi connectivity index (χ0v) is 18.1. The van der Waals surface area contributed by atoms with Crippen LogP contribution in [-0.4, -0.2) is 51.8 Å². The van der Waals surface area contributed by atoms with Gasteiger partial charge in [0.2, 0.25) is 5.88 Å². The van der Waals surface area contributed by atoms with Gasteiger partial charge in [0.15, 0.2) is 0 Å². The third-order valence-corrected chi connectivity index (χ3v) is 7.48. The number of aromatic nitrogens is 2. The predicted molar refractivity (Wildman–Crippen MR) is 121 cm³/mol. The largest absolute Gasteiger partial charge is 0.493 e. The highest BCUT2D eigenvalue weighted by Gasteiger charge is 2.45. The maximum Gasteiger partial charge on any atom is 0.320 e. The van der Waals surface area contributed by atoms with Crippen molar-refractivity contribution in [3.63, 3.8) is 0 Å². The number of hydrogen-bond donors (Lipinski definition) is 1. The van der Waals surface area contributed by atoms with Crippen LogP contribution in [0.15, 0.2) is 36.4 Å². The number of hydrogen-bond acceptors (Lipinski definition) is 6. The van der Waals surface area contributed by atoms with Gasteiger partial charge < -0.3 is 14.7 Å². The van der Waals surface area contributed by atoms with Crippen LogP contribution >= 0.6 is 0 Å². The lowest BCUT2D eigenvalue weighted by Gasteiger charge is -2.32. The zero-order chi connectivity index (χ0) is 21.7. The van der Waals surface area contributed by atoms with E-state index in [4.69, 9.17) is 4.74 Å². The van der Waals surface area contributed by atoms with E-state index < -0.39 is 0 Å². The van der Waals surface area contributed by atoms with E-state index in [1.54, 1.807) is 6.07 Å². The van der Waals surface area contributed by atoms with Gasteiger partial charge in [-0.05, 0) is 62.7 Å². The molecule has 6 rings (SSSR count). The van der Waals surface area contributed by atoms with E-state index in [2.05, 4.69) is 19.8 Å². The van der Waals surface area contributed by atoms with Crippen molar-refractivity contribution in [2.45, 2.75) is 44.2 Å². The van der Waals surface area contributed by atoms with Crippen molar-refractivity contribution in [1.29, 1.82) is 0 Å². The molecule has 0 bridgehead atoms. The Labute approximate surface area is 186 Å². The lowest BCUT2D eigenvalue weighted by molar-refractivity contribution is 0.106. The number of anilines is 1. The lowest BCUT2D eigenvalue weighted by atomic mass is 9.95. The molecular formula is C25H27FN4O2. The molecule has 2 aromatic carbocycles. The first-order valence-corrected chi connectivity index (χ1v) is 11.5. The molecule has 166 valence electrons. The maximum atomic E-state index is 14.7. The second-order valence-corrected chi connectivity index (χ2v) is 9.25. The summed E-state index contributed by atoms with van der Waals surface area (Å²) in [4.78, 5) is 13.6. The third kappa shape index (κ3) is 3.18. The normalized spacial score (nSPS) is 19.8. The summed E-state index contributed by atoms with van der Waals surface area (Å²) in [6, 6.07) is 11.2. The fourth-order valence-corrected chi connectivity index (χ4v) is 5.86. The van der Waals surface area contributed by atoms with Crippen molar-refractivity contribution in [2.75, 3.05) is 31.1 Å². The standard InChI is InChI=1S/C25H27FN4O2/c26-19-7-1-5-17-6-2-8-21(22(17)19)29-14-9-18-20(15-29)27-24(28-23(18)31)32-16-25-10-3-12-30(25)13-4-11-25/h1-2,5-8H,3-4,9-16H2,(H,27,28,31). The van der Waals surface area contributed by atoms with E-state index in [0.29, 0.717) is 31.5 Å². The Balaban J connectivity index is 1.28. The molecule has 0 radical (unpaired) electrons. The Hall–Kier alpha value is -2.93. The Morgan fingerprint density at radius 3 is 2.62 bits per heavy atom. The molecule has 6 nitrogen and oxygen atoms in total. The SMILES string of the molecule is Oc1nc(OCC23CCCN2CCC3)nc2c1CCN(c1cccc3cccc(F)c13)C2. The highest BCUT2D eigenvalue weighted by atomic mass is 19.1. The molecule has 0 amide bonds. The van der Waals surface area contributed by atoms with Crippen LogP contribution in [0.3, 0.4) is 0 Å². The van der Waals surface area contributed by atoms with Gasteiger partial charge in [0.1, 0.15) is 12.4 Å². The minimum atomic E-state index is -0.226. The fourth-order valence-electron chi connectivity index (χ4n) is 5.86. The monoisotopic (exact) mass is 434 g/mol. The summed E-state index contributed by atoms with van der Waals surface area (Å²) in [5.74, 6) is -0.226. The topological polar surface area (TPSA) is 61.7 Å². The van der Waals surface area contributed by atoms with Crippen LogP contribution in [0.2, 0.25) is 0 Å². The number of nitrogens with zero attached hydrogens (tertiary/aromatic N) is 4. The molecule has 0 unspecified atom stereocenters. The molecule has 1 aromatic heterocycles. The van der Waals surface area contributed by atoms with Crippen LogP contribution in [0, 0.1) is 5.82 Å². The van der Waals surface area contributed by atoms with Gasteiger partial charge in [0, 0.05) is 23.2 Å². The van der Waals surface area contributed by atoms with E-state index in [1.807, 2.05) is 24.3 Å². The van der Waals surface area contributed by atoms with Gasteiger partial charge in [0.05, 0.1) is 17.8 Å². The van der Waals surface area contributed by atoms with Crippen molar-refractivity contribution in [3.8, 4) is 11.9 Å². The van der Waals surface area contributed by atoms with E-state index in [9.17, 15) is 9.50 Å². The van der Waals surface area contributed by atoms with Crippen LogP contribution in [0.25, 0.3) is 10.8 Å². The minimum Gasteiger partial charge on any atom is -0.493 e. The number of halogens is 1. The first kappa shape index (κ1) is 19.7. The van der Waals surface area contributed by atoms with Gasteiger partial charge in [-0.3, -0.25) is 4.90 Å². The molecule has 0 spiro atoms. The van der Waals surface area contributed by atoms with Gasteiger partial charge in [-0.1, -0.05) is 24.3 Å². The molecule has 1 N–H and O–H groups in total. The molecule has 3 aromatic rings. The van der Waals surface area contributed by atoms with Crippen molar-refractivity contribution >= 4 is 16.5 Å². The maximum absolute atomic E-state index is 14.7. The summed E-state index contributed by atoms with van der Waals surface area (Å²) in [6.45, 7) is 3.97. The molecule has 3 aliphatic rings. The van der Waals surface area contributed by atoms with Crippen LogP contribution in [0.4, 0.5) is 10.1 Å². The summed E-state index contributed by atoms with van der Waals surface area (Å²) in [5.41, 5.74) is 2.45. The Kier molecular flexibility index (Phi) is 4.68. The van der Waals surface area contributed by atoms with Gasteiger partial charge >= 0.3 is 6.01 Å². The van der Waals surface area contributed by atoms with Crippen LogP contribution in [-0.2, 0) is 13.0 Å². The first-order valence-electron chi connectivity index (χ1n) is 11.5. The molecule has 2 saturated heterocycles. The van der Waals surface area contributed by atoms with E-state index in [-0.39, 0.29) is 23.2 Å². The molecule has 2 fully saturated rings. The average Bonchev–Trinajstić information content (AvgIpc) is 3.38. The third-order valence-electron chi connectivity index (χ3n) is 7.48. The summed E-state index contributed by atoms with van der Waals surface area (Å²) in [7, 11) is 0. The van der Waals surface area contributed by atoms with Crippen molar-refractivity contribution in [3.05, 3.63) is 53.5 Å². The summed E-state index contributed by atoms with van der Waals surface area (Å²) in [5, 5.41) is 12.1. The smallest absolute Gasteiger partial charge is 0.320 e. The zero-order valence-electron chi connectivity index (χ0n) is 18.1. The predicted octanol–water partition coefficient (Wildman–Crippen LogP) is 4.04. The van der Waals surface area contributed by atoms with Gasteiger partial charge in [-0.25, -0.2) is 4.39 Å². The number of aromatic hydroxyl groups is 1. The van der Waals surface area contributed by atoms with E-state index in [0.717, 1.165) is 48.3 Å². The van der Waals surface area contributed by atoms with E-state index in [1.165, 1.54) is 18.9 Å². The lowest BCUT2D eigenvalue weighted by Crippen LogP contribution is -2.43. The number of benzene rings is 2. The molecule has 4 heterocycles. The molecule has 3 aliphatic heterocycles. The molecule has 0 aliphatic carbocycles. The molecular weight excluding hydrogens is 407 g/mol. The highest BCUT2D eigenvalue weighted by Crippen LogP contribution is 2.39. The Morgan fingerprint density at radius 1 is 1.03 bits per heavy atom. The average molecular weight is 435 g/mol. The second-order valence-electron chi connectivity index (χ2n) is 9.25.